The van der Waals surface area contributed by atoms with E-state index in [0.717, 1.165) is 29.9 Å². The minimum atomic E-state index is -0.234. The quantitative estimate of drug-likeness (QED) is 0.850. The molecule has 0 amide bonds. The summed E-state index contributed by atoms with van der Waals surface area (Å²) in [6.45, 7) is 4.89. The van der Waals surface area contributed by atoms with E-state index in [2.05, 4.69) is 12.0 Å². The summed E-state index contributed by atoms with van der Waals surface area (Å²) in [6.07, 6.45) is 1.65. The summed E-state index contributed by atoms with van der Waals surface area (Å²) in [5, 5.41) is 4.47. The molecule has 1 aromatic carbocycles. The molecule has 2 rings (SSSR count). The summed E-state index contributed by atoms with van der Waals surface area (Å²) in [6, 6.07) is 11.5. The van der Waals surface area contributed by atoms with Crippen molar-refractivity contribution in [3.05, 3.63) is 53.3 Å². The lowest BCUT2D eigenvalue weighted by atomic mass is 10.0. The van der Waals surface area contributed by atoms with E-state index in [1.165, 1.54) is 0 Å². The number of benzene rings is 1. The summed E-state index contributed by atoms with van der Waals surface area (Å²) in [5.41, 5.74) is 9.13. The molecule has 0 saturated carbocycles. The molecule has 0 aliphatic rings. The van der Waals surface area contributed by atoms with E-state index in [0.29, 0.717) is 12.8 Å². The number of hydrogen-bond acceptors (Lipinski definition) is 3. The molecule has 0 bridgehead atoms. The van der Waals surface area contributed by atoms with E-state index in [1.54, 1.807) is 0 Å². The van der Waals surface area contributed by atoms with E-state index in [4.69, 9.17) is 5.73 Å². The highest BCUT2D eigenvalue weighted by molar-refractivity contribution is 5.81. The second-order valence-corrected chi connectivity index (χ2v) is 5.23. The molecule has 1 atom stereocenters. The number of nitrogens with two attached hydrogens (primary N) is 1. The fourth-order valence-corrected chi connectivity index (χ4v) is 2.44. The zero-order chi connectivity index (χ0) is 15.2. The maximum atomic E-state index is 12.2. The Morgan fingerprint density at radius 3 is 2.62 bits per heavy atom. The number of carbonyl (C=O) groups is 1. The molecule has 21 heavy (non-hydrogen) atoms. The summed E-state index contributed by atoms with van der Waals surface area (Å²) in [4.78, 5) is 12.2. The molecule has 4 heteroatoms. The molecule has 112 valence electrons. The monoisotopic (exact) mass is 285 g/mol. The molecule has 0 aliphatic heterocycles. The molecule has 2 aromatic rings. The molecule has 0 spiro atoms. The molecule has 2 N–H and O–H groups in total. The van der Waals surface area contributed by atoms with Gasteiger partial charge in [0.1, 0.15) is 5.78 Å². The number of aromatic nitrogens is 2. The van der Waals surface area contributed by atoms with Gasteiger partial charge in [-0.3, -0.25) is 9.48 Å². The zero-order valence-electron chi connectivity index (χ0n) is 12.7. The van der Waals surface area contributed by atoms with E-state index in [1.807, 2.05) is 48.0 Å². The van der Waals surface area contributed by atoms with Crippen LogP contribution in [0.3, 0.4) is 0 Å². The third-order valence-electron chi connectivity index (χ3n) is 3.63. The van der Waals surface area contributed by atoms with Gasteiger partial charge in [0.25, 0.3) is 0 Å². The minimum Gasteiger partial charge on any atom is -0.324 e. The van der Waals surface area contributed by atoms with Crippen LogP contribution in [0.5, 0.6) is 0 Å². The smallest absolute Gasteiger partial charge is 0.140 e. The Morgan fingerprint density at radius 1 is 1.29 bits per heavy atom. The molecule has 1 aromatic heterocycles. The van der Waals surface area contributed by atoms with Crippen molar-refractivity contribution in [2.75, 3.05) is 0 Å². The fourth-order valence-electron chi connectivity index (χ4n) is 2.44. The number of nitrogens with zero attached hydrogens (tertiary/aromatic N) is 2. The normalized spacial score (nSPS) is 12.3. The Kier molecular flexibility index (Phi) is 5.28. The summed E-state index contributed by atoms with van der Waals surface area (Å²) < 4.78 is 1.91. The Bertz CT molecular complexity index is 589. The van der Waals surface area contributed by atoms with Crippen molar-refractivity contribution in [2.45, 2.75) is 45.7 Å². The predicted octanol–water partition coefficient (Wildman–Crippen LogP) is 2.67. The van der Waals surface area contributed by atoms with E-state index in [9.17, 15) is 4.79 Å². The van der Waals surface area contributed by atoms with Crippen LogP contribution in [0.2, 0.25) is 0 Å². The van der Waals surface area contributed by atoms with Crippen molar-refractivity contribution in [1.82, 2.24) is 9.78 Å². The van der Waals surface area contributed by atoms with Gasteiger partial charge in [-0.1, -0.05) is 37.3 Å². The van der Waals surface area contributed by atoms with Crippen LogP contribution in [-0.4, -0.2) is 15.6 Å². The average molecular weight is 285 g/mol. The summed E-state index contributed by atoms with van der Waals surface area (Å²) >= 11 is 0. The highest BCUT2D eigenvalue weighted by Crippen LogP contribution is 2.15. The van der Waals surface area contributed by atoms with Crippen LogP contribution in [0.1, 0.15) is 43.3 Å². The molecule has 0 radical (unpaired) electrons. The van der Waals surface area contributed by atoms with Crippen molar-refractivity contribution >= 4 is 5.78 Å². The number of Topliss-reactive ketones (excluding diaryl/α,β-unsaturated/α-hetero) is 1. The first-order valence-corrected chi connectivity index (χ1v) is 7.51. The first-order chi connectivity index (χ1) is 10.1. The second-order valence-electron chi connectivity index (χ2n) is 5.23. The van der Waals surface area contributed by atoms with Crippen LogP contribution in [0.15, 0.2) is 36.4 Å². The molecular formula is C17H23N3O. The lowest BCUT2D eigenvalue weighted by Gasteiger charge is -2.11. The number of hydrogen-bond donors (Lipinski definition) is 1. The highest BCUT2D eigenvalue weighted by atomic mass is 16.1. The molecule has 1 heterocycles. The van der Waals surface area contributed by atoms with Crippen LogP contribution < -0.4 is 5.73 Å². The van der Waals surface area contributed by atoms with Crippen LogP contribution in [0.25, 0.3) is 0 Å². The maximum Gasteiger partial charge on any atom is 0.140 e. The van der Waals surface area contributed by atoms with Gasteiger partial charge in [0, 0.05) is 31.1 Å². The van der Waals surface area contributed by atoms with Crippen molar-refractivity contribution < 1.29 is 4.79 Å². The number of rotatable bonds is 7. The fraction of sp³-hybridized carbons (Fsp3) is 0.412. The van der Waals surface area contributed by atoms with Crippen LogP contribution in [-0.2, 0) is 24.2 Å². The number of aryl methyl sites for hydroxylation is 2. The Balaban J connectivity index is 2.00. The van der Waals surface area contributed by atoms with Gasteiger partial charge in [-0.2, -0.15) is 5.10 Å². The third-order valence-corrected chi connectivity index (χ3v) is 3.63. The SMILES string of the molecule is CCc1cc(CC(=O)CC(N)c2ccccc2)n(CC)n1. The average Bonchev–Trinajstić information content (AvgIpc) is 2.90. The molecule has 0 fully saturated rings. The maximum absolute atomic E-state index is 12.2. The van der Waals surface area contributed by atoms with Gasteiger partial charge >= 0.3 is 0 Å². The van der Waals surface area contributed by atoms with E-state index < -0.39 is 0 Å². The highest BCUT2D eigenvalue weighted by Gasteiger charge is 2.15. The van der Waals surface area contributed by atoms with E-state index in [-0.39, 0.29) is 11.8 Å². The van der Waals surface area contributed by atoms with Gasteiger partial charge in [0.05, 0.1) is 5.69 Å². The van der Waals surface area contributed by atoms with Crippen molar-refractivity contribution in [3.63, 3.8) is 0 Å². The predicted molar refractivity (Wildman–Crippen MR) is 84.0 cm³/mol. The molecule has 4 nitrogen and oxygen atoms in total. The minimum absolute atomic E-state index is 0.156. The first kappa shape index (κ1) is 15.4. The third kappa shape index (κ3) is 4.02. The standard InChI is InChI=1S/C17H23N3O/c1-3-14-10-15(20(4-2)19-14)11-16(21)12-17(18)13-8-6-5-7-9-13/h5-10,17H,3-4,11-12,18H2,1-2H3. The van der Waals surface area contributed by atoms with E-state index >= 15 is 0 Å². The topological polar surface area (TPSA) is 60.9 Å². The van der Waals surface area contributed by atoms with Crippen molar-refractivity contribution in [2.24, 2.45) is 5.73 Å². The van der Waals surface area contributed by atoms with Gasteiger partial charge in [0.15, 0.2) is 0 Å². The molecule has 0 aliphatic carbocycles. The van der Waals surface area contributed by atoms with Crippen LogP contribution >= 0.6 is 0 Å². The Labute approximate surface area is 126 Å². The van der Waals surface area contributed by atoms with Gasteiger partial charge in [-0.05, 0) is 25.0 Å². The van der Waals surface area contributed by atoms with Crippen molar-refractivity contribution in [3.8, 4) is 0 Å². The molecule has 1 unspecified atom stereocenters. The van der Waals surface area contributed by atoms with Crippen molar-refractivity contribution in [1.29, 1.82) is 0 Å². The lowest BCUT2D eigenvalue weighted by molar-refractivity contribution is -0.118. The zero-order valence-corrected chi connectivity index (χ0v) is 12.7. The number of carbonyl (C=O) groups excluding carboxylic acids is 1. The number of ketones is 1. The largest absolute Gasteiger partial charge is 0.324 e. The van der Waals surface area contributed by atoms with Gasteiger partial charge in [-0.15, -0.1) is 0 Å². The van der Waals surface area contributed by atoms with Gasteiger partial charge in [0.2, 0.25) is 0 Å². The summed E-state index contributed by atoms with van der Waals surface area (Å²) in [5.74, 6) is 0.156. The molecular weight excluding hydrogens is 262 g/mol. The van der Waals surface area contributed by atoms with Gasteiger partial charge < -0.3 is 5.73 Å². The lowest BCUT2D eigenvalue weighted by Crippen LogP contribution is -2.18. The van der Waals surface area contributed by atoms with Crippen LogP contribution in [0, 0.1) is 0 Å². The first-order valence-electron chi connectivity index (χ1n) is 7.51. The summed E-state index contributed by atoms with van der Waals surface area (Å²) in [7, 11) is 0. The molecule has 0 saturated heterocycles. The second kappa shape index (κ2) is 7.18. The van der Waals surface area contributed by atoms with Crippen LogP contribution in [0.4, 0.5) is 0 Å². The van der Waals surface area contributed by atoms with Gasteiger partial charge in [-0.25, -0.2) is 0 Å². The Hall–Kier alpha value is -1.94. The Morgan fingerprint density at radius 2 is 2.00 bits per heavy atom.